The number of thioether (sulfide) groups is 1. The van der Waals surface area contributed by atoms with Crippen LogP contribution in [0, 0.1) is 0 Å². The van der Waals surface area contributed by atoms with Crippen LogP contribution in [0.15, 0.2) is 48.5 Å². The maximum absolute atomic E-state index is 12.5. The topological polar surface area (TPSA) is 83.8 Å². The quantitative estimate of drug-likeness (QED) is 0.449. The maximum Gasteiger partial charge on any atom is 0.220 e. The molecular formula is C20H26Cl2N4OS. The van der Waals surface area contributed by atoms with E-state index in [4.69, 9.17) is 5.73 Å². The summed E-state index contributed by atoms with van der Waals surface area (Å²) in [6, 6.07) is 15.5. The number of fused-ring (bicyclic) bond motifs is 1. The number of halogens is 2. The summed E-state index contributed by atoms with van der Waals surface area (Å²) >= 11 is 1.76. The van der Waals surface area contributed by atoms with E-state index in [1.807, 2.05) is 48.5 Å². The van der Waals surface area contributed by atoms with E-state index in [2.05, 4.69) is 21.5 Å². The van der Waals surface area contributed by atoms with E-state index in [0.717, 1.165) is 40.3 Å². The van der Waals surface area contributed by atoms with Gasteiger partial charge < -0.3 is 16.0 Å². The Morgan fingerprint density at radius 1 is 1.18 bits per heavy atom. The summed E-state index contributed by atoms with van der Waals surface area (Å²) in [6.07, 6.45) is 3.94. The second-order valence-electron chi connectivity index (χ2n) is 6.24. The number of carbonyl (C=O) groups is 1. The van der Waals surface area contributed by atoms with Crippen molar-refractivity contribution in [2.24, 2.45) is 0 Å². The number of benzene rings is 2. The van der Waals surface area contributed by atoms with Gasteiger partial charge in [0.1, 0.15) is 5.82 Å². The molecule has 28 heavy (non-hydrogen) atoms. The Hall–Kier alpha value is -1.89. The molecule has 0 aliphatic heterocycles. The van der Waals surface area contributed by atoms with Gasteiger partial charge >= 0.3 is 0 Å². The molecule has 0 aliphatic rings. The third-order valence-electron chi connectivity index (χ3n) is 4.36. The highest BCUT2D eigenvalue weighted by Crippen LogP contribution is 2.20. The Morgan fingerprint density at radius 3 is 2.61 bits per heavy atom. The normalized spacial score (nSPS) is 11.3. The van der Waals surface area contributed by atoms with E-state index in [1.54, 1.807) is 11.8 Å². The number of nitrogen functional groups attached to an aromatic ring is 1. The first-order valence-electron chi connectivity index (χ1n) is 8.73. The molecule has 1 amide bonds. The van der Waals surface area contributed by atoms with Crippen LogP contribution in [0.4, 0.5) is 5.69 Å². The minimum atomic E-state index is -0.115. The van der Waals surface area contributed by atoms with Gasteiger partial charge in [-0.1, -0.05) is 30.3 Å². The molecule has 0 radical (unpaired) electrons. The first-order valence-corrected chi connectivity index (χ1v) is 10.1. The molecule has 152 valence electrons. The fourth-order valence-electron chi connectivity index (χ4n) is 2.93. The molecule has 1 aromatic heterocycles. The van der Waals surface area contributed by atoms with Crippen molar-refractivity contribution >= 4 is 59.2 Å². The van der Waals surface area contributed by atoms with E-state index in [0.29, 0.717) is 12.8 Å². The van der Waals surface area contributed by atoms with Crippen LogP contribution in [0.1, 0.15) is 30.3 Å². The molecule has 1 unspecified atom stereocenters. The third kappa shape index (κ3) is 6.33. The summed E-state index contributed by atoms with van der Waals surface area (Å²) in [5, 5.41) is 3.13. The molecule has 8 heteroatoms. The fraction of sp³-hybridized carbons (Fsp3) is 0.300. The van der Waals surface area contributed by atoms with Gasteiger partial charge in [-0.25, -0.2) is 4.98 Å². The van der Waals surface area contributed by atoms with Crippen molar-refractivity contribution < 1.29 is 4.79 Å². The van der Waals surface area contributed by atoms with Crippen LogP contribution in [0.3, 0.4) is 0 Å². The van der Waals surface area contributed by atoms with Gasteiger partial charge in [-0.3, -0.25) is 4.79 Å². The van der Waals surface area contributed by atoms with E-state index in [-0.39, 0.29) is 36.8 Å². The van der Waals surface area contributed by atoms with Gasteiger partial charge in [-0.05, 0) is 48.6 Å². The van der Waals surface area contributed by atoms with E-state index in [9.17, 15) is 4.79 Å². The van der Waals surface area contributed by atoms with Gasteiger partial charge in [0.25, 0.3) is 0 Å². The number of nitrogens with one attached hydrogen (secondary N) is 2. The molecule has 0 saturated carbocycles. The largest absolute Gasteiger partial charge is 0.399 e. The number of nitrogens with zero attached hydrogens (tertiary/aromatic N) is 1. The number of imidazole rings is 1. The highest BCUT2D eigenvalue weighted by Gasteiger charge is 2.18. The second kappa shape index (κ2) is 11.8. The minimum Gasteiger partial charge on any atom is -0.399 e. The van der Waals surface area contributed by atoms with Crippen LogP contribution >= 0.6 is 36.6 Å². The Bertz CT molecular complexity index is 854. The van der Waals surface area contributed by atoms with E-state index >= 15 is 0 Å². The lowest BCUT2D eigenvalue weighted by Crippen LogP contribution is -2.30. The molecular weight excluding hydrogens is 415 g/mol. The van der Waals surface area contributed by atoms with Crippen LogP contribution in [-0.2, 0) is 11.2 Å². The molecule has 3 aromatic rings. The van der Waals surface area contributed by atoms with E-state index < -0.39 is 0 Å². The lowest BCUT2D eigenvalue weighted by Gasteiger charge is -2.16. The van der Waals surface area contributed by atoms with Crippen molar-refractivity contribution in [1.29, 1.82) is 0 Å². The molecule has 2 aromatic carbocycles. The van der Waals surface area contributed by atoms with E-state index in [1.165, 1.54) is 0 Å². The van der Waals surface area contributed by atoms with Crippen LogP contribution < -0.4 is 11.1 Å². The highest BCUT2D eigenvalue weighted by atomic mass is 35.5. The summed E-state index contributed by atoms with van der Waals surface area (Å²) in [7, 11) is 0. The summed E-state index contributed by atoms with van der Waals surface area (Å²) in [6.45, 7) is 0. The van der Waals surface area contributed by atoms with Gasteiger partial charge in [0.05, 0.1) is 17.1 Å². The number of rotatable bonds is 8. The van der Waals surface area contributed by atoms with Crippen LogP contribution in [-0.4, -0.2) is 27.9 Å². The number of para-hydroxylation sites is 3. The van der Waals surface area contributed by atoms with Crippen molar-refractivity contribution in [2.75, 3.05) is 17.7 Å². The number of nitrogens with two attached hydrogens (primary N) is 1. The van der Waals surface area contributed by atoms with Crippen molar-refractivity contribution in [3.8, 4) is 0 Å². The zero-order valence-corrected chi connectivity index (χ0v) is 18.1. The maximum atomic E-state index is 12.5. The second-order valence-corrected chi connectivity index (χ2v) is 7.23. The number of hydrogen-bond donors (Lipinski definition) is 3. The standard InChI is InChI=1S/C20H24N4OS.2ClH/c1-26-13-12-18(20-23-16-8-4-5-9-17(16)24-20)22-19(25)11-10-14-6-2-3-7-15(14)21;;/h2-9,18H,10-13,21H2,1H3,(H,22,25)(H,23,24);2*1H. The molecule has 0 saturated heterocycles. The average Bonchev–Trinajstić information content (AvgIpc) is 3.08. The molecule has 0 aliphatic carbocycles. The molecule has 0 fully saturated rings. The number of H-pyrrole nitrogens is 1. The zero-order chi connectivity index (χ0) is 18.4. The fourth-order valence-corrected chi connectivity index (χ4v) is 3.40. The summed E-state index contributed by atoms with van der Waals surface area (Å²) in [5.74, 6) is 1.78. The molecule has 5 nitrogen and oxygen atoms in total. The number of hydrogen-bond acceptors (Lipinski definition) is 4. The molecule has 0 bridgehead atoms. The van der Waals surface area contributed by atoms with Crippen LogP contribution in [0.25, 0.3) is 11.0 Å². The highest BCUT2D eigenvalue weighted by molar-refractivity contribution is 7.98. The smallest absolute Gasteiger partial charge is 0.220 e. The number of anilines is 1. The number of amides is 1. The van der Waals surface area contributed by atoms with Crippen molar-refractivity contribution in [3.05, 3.63) is 59.9 Å². The van der Waals surface area contributed by atoms with Crippen LogP contribution in [0.5, 0.6) is 0 Å². The number of carbonyl (C=O) groups excluding carboxylic acids is 1. The summed E-state index contributed by atoms with van der Waals surface area (Å²) < 4.78 is 0. The molecule has 3 rings (SSSR count). The molecule has 1 atom stereocenters. The Labute approximate surface area is 182 Å². The first-order chi connectivity index (χ1) is 12.7. The van der Waals surface area contributed by atoms with Crippen molar-refractivity contribution in [3.63, 3.8) is 0 Å². The lowest BCUT2D eigenvalue weighted by molar-refractivity contribution is -0.121. The lowest BCUT2D eigenvalue weighted by atomic mass is 10.1. The number of aromatic amines is 1. The third-order valence-corrected chi connectivity index (χ3v) is 5.00. The Balaban J connectivity index is 0.00000196. The number of aryl methyl sites for hydroxylation is 1. The number of aromatic nitrogens is 2. The van der Waals surface area contributed by atoms with Crippen molar-refractivity contribution in [2.45, 2.75) is 25.3 Å². The SMILES string of the molecule is CSCCC(NC(=O)CCc1ccccc1N)c1nc2ccccc2[nH]1.Cl.Cl. The molecule has 4 N–H and O–H groups in total. The van der Waals surface area contributed by atoms with Crippen molar-refractivity contribution in [1.82, 2.24) is 15.3 Å². The molecule has 1 heterocycles. The van der Waals surface area contributed by atoms with Crippen LogP contribution in [0.2, 0.25) is 0 Å². The average molecular weight is 441 g/mol. The Morgan fingerprint density at radius 2 is 1.89 bits per heavy atom. The van der Waals surface area contributed by atoms with Gasteiger partial charge in [0.15, 0.2) is 0 Å². The first kappa shape index (κ1) is 24.1. The van der Waals surface area contributed by atoms with Gasteiger partial charge in [-0.2, -0.15) is 11.8 Å². The minimum absolute atomic E-state index is 0. The zero-order valence-electron chi connectivity index (χ0n) is 15.7. The molecule has 0 spiro atoms. The Kier molecular flexibility index (Phi) is 10.2. The van der Waals surface area contributed by atoms with Gasteiger partial charge in [0, 0.05) is 12.1 Å². The van der Waals surface area contributed by atoms with Gasteiger partial charge in [-0.15, -0.1) is 24.8 Å². The predicted molar refractivity (Wildman–Crippen MR) is 124 cm³/mol. The monoisotopic (exact) mass is 440 g/mol. The summed E-state index contributed by atoms with van der Waals surface area (Å²) in [4.78, 5) is 20.5. The van der Waals surface area contributed by atoms with Gasteiger partial charge in [0.2, 0.25) is 5.91 Å². The predicted octanol–water partition coefficient (Wildman–Crippen LogP) is 4.53. The summed E-state index contributed by atoms with van der Waals surface area (Å²) in [5.41, 5.74) is 9.61.